The van der Waals surface area contributed by atoms with Gasteiger partial charge in [-0.25, -0.2) is 0 Å². The molecule has 0 amide bonds. The van der Waals surface area contributed by atoms with E-state index in [1.165, 1.54) is 25.7 Å². The quantitative estimate of drug-likeness (QED) is 0.565. The van der Waals surface area contributed by atoms with Crippen LogP contribution in [0.15, 0.2) is 0 Å². The van der Waals surface area contributed by atoms with Crippen LogP contribution >= 0.6 is 0 Å². The Balaban J connectivity index is 0.000000921. The summed E-state index contributed by atoms with van der Waals surface area (Å²) in [4.78, 5) is 0. The lowest BCUT2D eigenvalue weighted by molar-refractivity contribution is 0.0529. The molecule has 3 atom stereocenters. The highest BCUT2D eigenvalue weighted by molar-refractivity contribution is 4.88. The molecule has 0 aromatic rings. The molecule has 0 N–H and O–H groups in total. The third-order valence-electron chi connectivity index (χ3n) is 4.49. The zero-order chi connectivity index (χ0) is 12.1. The fourth-order valence-electron chi connectivity index (χ4n) is 2.99. The predicted molar refractivity (Wildman–Crippen MR) is 71.1 cm³/mol. The maximum absolute atomic E-state index is 2.45. The van der Waals surface area contributed by atoms with Crippen LogP contribution in [0.25, 0.3) is 0 Å². The molecule has 0 nitrogen and oxygen atoms in total. The third-order valence-corrected chi connectivity index (χ3v) is 4.49. The van der Waals surface area contributed by atoms with Crippen LogP contribution in [0, 0.1) is 23.2 Å². The first kappa shape index (κ1) is 15.0. The lowest BCUT2D eigenvalue weighted by atomic mass is 9.60. The molecule has 0 bridgehead atoms. The Morgan fingerprint density at radius 2 is 1.47 bits per heavy atom. The summed E-state index contributed by atoms with van der Waals surface area (Å²) in [6.07, 6.45) is 5.68. The topological polar surface area (TPSA) is 0 Å². The predicted octanol–water partition coefficient (Wildman–Crippen LogP) is 5.52. The standard InChI is InChI=1S/C13H26.C2H6/c1-6-11-8-10(3)13(4,5)9-12(11)7-2;1-2/h10-12H,6-9H2,1-5H3;1-2H3. The Morgan fingerprint density at radius 1 is 1.00 bits per heavy atom. The number of rotatable bonds is 2. The van der Waals surface area contributed by atoms with E-state index in [0.717, 1.165) is 17.8 Å². The summed E-state index contributed by atoms with van der Waals surface area (Å²) in [6.45, 7) is 16.1. The zero-order valence-electron chi connectivity index (χ0n) is 12.1. The van der Waals surface area contributed by atoms with E-state index in [2.05, 4.69) is 34.6 Å². The van der Waals surface area contributed by atoms with Gasteiger partial charge in [-0.1, -0.05) is 61.3 Å². The highest BCUT2D eigenvalue weighted by Gasteiger charge is 2.37. The van der Waals surface area contributed by atoms with E-state index >= 15 is 0 Å². The van der Waals surface area contributed by atoms with Gasteiger partial charge in [0.15, 0.2) is 0 Å². The highest BCUT2D eigenvalue weighted by Crippen LogP contribution is 2.47. The average molecular weight is 212 g/mol. The smallest absolute Gasteiger partial charge is 0.0326 e. The van der Waals surface area contributed by atoms with Crippen LogP contribution in [0.1, 0.15) is 74.1 Å². The molecule has 0 aromatic heterocycles. The largest absolute Gasteiger partial charge is 0.0683 e. The van der Waals surface area contributed by atoms with Gasteiger partial charge in [-0.05, 0) is 36.0 Å². The van der Waals surface area contributed by atoms with Crippen molar-refractivity contribution in [3.8, 4) is 0 Å². The summed E-state index contributed by atoms with van der Waals surface area (Å²) in [5.41, 5.74) is 0.590. The molecule has 1 aliphatic rings. The molecular weight excluding hydrogens is 180 g/mol. The monoisotopic (exact) mass is 212 g/mol. The molecule has 0 radical (unpaired) electrons. The van der Waals surface area contributed by atoms with Crippen molar-refractivity contribution >= 4 is 0 Å². The van der Waals surface area contributed by atoms with E-state index in [9.17, 15) is 0 Å². The molecule has 1 aliphatic carbocycles. The van der Waals surface area contributed by atoms with Gasteiger partial charge in [-0.3, -0.25) is 0 Å². The molecule has 1 saturated carbocycles. The van der Waals surface area contributed by atoms with E-state index in [1.807, 2.05) is 13.8 Å². The Morgan fingerprint density at radius 3 is 1.87 bits per heavy atom. The first-order valence-corrected chi connectivity index (χ1v) is 7.01. The SMILES string of the molecule is CC.CCC1CC(C)C(C)(C)CC1CC. The van der Waals surface area contributed by atoms with Crippen LogP contribution in [-0.2, 0) is 0 Å². The normalized spacial score (nSPS) is 34.2. The van der Waals surface area contributed by atoms with Gasteiger partial charge in [-0.2, -0.15) is 0 Å². The molecule has 0 aliphatic heterocycles. The van der Waals surface area contributed by atoms with Crippen LogP contribution in [0.3, 0.4) is 0 Å². The molecule has 3 unspecified atom stereocenters. The van der Waals surface area contributed by atoms with Gasteiger partial charge in [-0.15, -0.1) is 0 Å². The summed E-state index contributed by atoms with van der Waals surface area (Å²) in [5.74, 6) is 2.92. The second-order valence-corrected chi connectivity index (χ2v) is 5.67. The van der Waals surface area contributed by atoms with Crippen LogP contribution in [0.5, 0.6) is 0 Å². The number of hydrogen-bond acceptors (Lipinski definition) is 0. The molecule has 0 heteroatoms. The maximum Gasteiger partial charge on any atom is -0.0326 e. The first-order chi connectivity index (χ1) is 7.01. The Labute approximate surface area is 97.8 Å². The maximum atomic E-state index is 2.45. The second-order valence-electron chi connectivity index (χ2n) is 5.67. The average Bonchev–Trinajstić information content (AvgIpc) is 2.24. The highest BCUT2D eigenvalue weighted by atomic mass is 14.4. The van der Waals surface area contributed by atoms with Crippen LogP contribution in [-0.4, -0.2) is 0 Å². The molecule has 0 heterocycles. The summed E-state index contributed by atoms with van der Waals surface area (Å²) in [5, 5.41) is 0. The van der Waals surface area contributed by atoms with Gasteiger partial charge in [0.2, 0.25) is 0 Å². The van der Waals surface area contributed by atoms with Crippen molar-refractivity contribution in [1.29, 1.82) is 0 Å². The van der Waals surface area contributed by atoms with Crippen LogP contribution in [0.2, 0.25) is 0 Å². The van der Waals surface area contributed by atoms with Crippen molar-refractivity contribution in [2.45, 2.75) is 74.1 Å². The van der Waals surface area contributed by atoms with Gasteiger partial charge < -0.3 is 0 Å². The third kappa shape index (κ3) is 3.81. The summed E-state index contributed by atoms with van der Waals surface area (Å²) >= 11 is 0. The zero-order valence-corrected chi connectivity index (χ0v) is 12.1. The number of hydrogen-bond donors (Lipinski definition) is 0. The van der Waals surface area contributed by atoms with Crippen LogP contribution < -0.4 is 0 Å². The minimum Gasteiger partial charge on any atom is -0.0683 e. The van der Waals surface area contributed by atoms with Crippen molar-refractivity contribution in [2.75, 3.05) is 0 Å². The first-order valence-electron chi connectivity index (χ1n) is 7.01. The minimum absolute atomic E-state index is 0.590. The van der Waals surface area contributed by atoms with Crippen molar-refractivity contribution in [1.82, 2.24) is 0 Å². The van der Waals surface area contributed by atoms with Crippen molar-refractivity contribution in [3.05, 3.63) is 0 Å². The van der Waals surface area contributed by atoms with Crippen molar-refractivity contribution in [3.63, 3.8) is 0 Å². The minimum atomic E-state index is 0.590. The van der Waals surface area contributed by atoms with E-state index in [1.54, 1.807) is 0 Å². The van der Waals surface area contributed by atoms with Crippen molar-refractivity contribution < 1.29 is 0 Å². The Kier molecular flexibility index (Phi) is 6.55. The fraction of sp³-hybridized carbons (Fsp3) is 1.00. The summed E-state index contributed by atoms with van der Waals surface area (Å²) in [6, 6.07) is 0. The molecule has 1 fully saturated rings. The summed E-state index contributed by atoms with van der Waals surface area (Å²) < 4.78 is 0. The summed E-state index contributed by atoms with van der Waals surface area (Å²) in [7, 11) is 0. The second kappa shape index (κ2) is 6.55. The Bertz CT molecular complexity index is 157. The van der Waals surface area contributed by atoms with Crippen LogP contribution in [0.4, 0.5) is 0 Å². The molecule has 0 spiro atoms. The molecular formula is C15H32. The van der Waals surface area contributed by atoms with Gasteiger partial charge in [0, 0.05) is 0 Å². The van der Waals surface area contributed by atoms with E-state index < -0.39 is 0 Å². The van der Waals surface area contributed by atoms with Gasteiger partial charge >= 0.3 is 0 Å². The van der Waals surface area contributed by atoms with Gasteiger partial charge in [0.25, 0.3) is 0 Å². The molecule has 15 heavy (non-hydrogen) atoms. The van der Waals surface area contributed by atoms with E-state index in [0.29, 0.717) is 5.41 Å². The van der Waals surface area contributed by atoms with Gasteiger partial charge in [0.05, 0.1) is 0 Å². The lowest BCUT2D eigenvalue weighted by Crippen LogP contribution is -2.35. The van der Waals surface area contributed by atoms with Crippen molar-refractivity contribution in [2.24, 2.45) is 23.2 Å². The fourth-order valence-corrected chi connectivity index (χ4v) is 2.99. The molecule has 92 valence electrons. The lowest BCUT2D eigenvalue weighted by Gasteiger charge is -2.45. The molecule has 0 saturated heterocycles. The van der Waals surface area contributed by atoms with E-state index in [4.69, 9.17) is 0 Å². The van der Waals surface area contributed by atoms with E-state index in [-0.39, 0.29) is 0 Å². The molecule has 0 aromatic carbocycles. The Hall–Kier alpha value is 0. The molecule has 1 rings (SSSR count). The van der Waals surface area contributed by atoms with Gasteiger partial charge in [0.1, 0.15) is 0 Å².